The largest absolute Gasteiger partial charge is 0.481 e. The van der Waals surface area contributed by atoms with Gasteiger partial charge in [-0.05, 0) is 12.1 Å². The Morgan fingerprint density at radius 2 is 1.89 bits per heavy atom. The number of carboxylic acid groups (broad SMARTS) is 1. The second-order valence-electron chi connectivity index (χ2n) is 3.57. The van der Waals surface area contributed by atoms with E-state index in [4.69, 9.17) is 9.84 Å². The van der Waals surface area contributed by atoms with Crippen molar-refractivity contribution >= 4 is 22.4 Å². The lowest BCUT2D eigenvalue weighted by Crippen LogP contribution is -2.09. The van der Waals surface area contributed by atoms with Gasteiger partial charge in [-0.15, -0.1) is 0 Å². The molecule has 0 aliphatic heterocycles. The van der Waals surface area contributed by atoms with Gasteiger partial charge < -0.3 is 9.84 Å². The lowest BCUT2D eigenvalue weighted by Gasteiger charge is -2.07. The molecule has 1 N–H and O–H groups in total. The molecule has 2 aromatic carbocycles. The first-order valence-electron chi connectivity index (χ1n) is 5.10. The van der Waals surface area contributed by atoms with Gasteiger partial charge in [-0.25, -0.2) is 4.79 Å². The summed E-state index contributed by atoms with van der Waals surface area (Å²) in [4.78, 5) is 20.8. The molecule has 0 aliphatic carbocycles. The van der Waals surface area contributed by atoms with E-state index in [1.165, 1.54) is 12.1 Å². The van der Waals surface area contributed by atoms with Crippen LogP contribution in [0.5, 0.6) is 5.75 Å². The van der Waals surface area contributed by atoms with Crippen molar-refractivity contribution in [1.29, 1.82) is 0 Å². The Balaban J connectivity index is 2.53. The quantitative estimate of drug-likeness (QED) is 0.660. The SMILES string of the molecule is O=C(O)COc1ccc([N+](=O)[O-])c2ccccc12. The molecule has 0 fully saturated rings. The summed E-state index contributed by atoms with van der Waals surface area (Å²) in [7, 11) is 0. The van der Waals surface area contributed by atoms with Crippen molar-refractivity contribution < 1.29 is 19.6 Å². The summed E-state index contributed by atoms with van der Waals surface area (Å²) in [6, 6.07) is 9.35. The lowest BCUT2D eigenvalue weighted by atomic mass is 10.1. The zero-order valence-electron chi connectivity index (χ0n) is 9.20. The predicted molar refractivity (Wildman–Crippen MR) is 63.7 cm³/mol. The van der Waals surface area contributed by atoms with Crippen molar-refractivity contribution in [2.24, 2.45) is 0 Å². The summed E-state index contributed by atoms with van der Waals surface area (Å²) in [5, 5.41) is 20.4. The van der Waals surface area contributed by atoms with Crippen molar-refractivity contribution in [2.45, 2.75) is 0 Å². The number of carbonyl (C=O) groups is 1. The van der Waals surface area contributed by atoms with Crippen molar-refractivity contribution in [3.63, 3.8) is 0 Å². The van der Waals surface area contributed by atoms with Crippen LogP contribution in [0.1, 0.15) is 0 Å². The first kappa shape index (κ1) is 11.8. The highest BCUT2D eigenvalue weighted by Gasteiger charge is 2.14. The van der Waals surface area contributed by atoms with Crippen molar-refractivity contribution in [3.05, 3.63) is 46.5 Å². The van der Waals surface area contributed by atoms with Gasteiger partial charge in [-0.3, -0.25) is 10.1 Å². The van der Waals surface area contributed by atoms with Gasteiger partial charge in [0.15, 0.2) is 6.61 Å². The molecule has 0 radical (unpaired) electrons. The topological polar surface area (TPSA) is 89.7 Å². The van der Waals surface area contributed by atoms with E-state index in [0.717, 1.165) is 0 Å². The smallest absolute Gasteiger partial charge is 0.341 e. The minimum Gasteiger partial charge on any atom is -0.481 e. The van der Waals surface area contributed by atoms with Crippen LogP contribution in [0.4, 0.5) is 5.69 Å². The number of nitro benzene ring substituents is 1. The normalized spacial score (nSPS) is 10.2. The van der Waals surface area contributed by atoms with Crippen LogP contribution in [0.3, 0.4) is 0 Å². The molecule has 0 amide bonds. The zero-order valence-corrected chi connectivity index (χ0v) is 9.20. The number of nitrogens with zero attached hydrogens (tertiary/aromatic N) is 1. The number of fused-ring (bicyclic) bond motifs is 1. The van der Waals surface area contributed by atoms with E-state index in [0.29, 0.717) is 16.5 Å². The van der Waals surface area contributed by atoms with Crippen LogP contribution >= 0.6 is 0 Å². The fraction of sp³-hybridized carbons (Fsp3) is 0.0833. The van der Waals surface area contributed by atoms with E-state index >= 15 is 0 Å². The average Bonchev–Trinajstić information content (AvgIpc) is 2.35. The molecule has 0 bridgehead atoms. The van der Waals surface area contributed by atoms with Crippen molar-refractivity contribution in [1.82, 2.24) is 0 Å². The summed E-state index contributed by atoms with van der Waals surface area (Å²) in [6.07, 6.45) is 0. The molecule has 2 rings (SSSR count). The number of non-ortho nitro benzene ring substituents is 1. The molecular weight excluding hydrogens is 238 g/mol. The third kappa shape index (κ3) is 2.22. The van der Waals surface area contributed by atoms with Gasteiger partial charge in [0, 0.05) is 11.5 Å². The molecule has 0 heterocycles. The number of benzene rings is 2. The molecule has 0 saturated carbocycles. The molecule has 0 aliphatic rings. The Bertz CT molecular complexity index is 623. The van der Waals surface area contributed by atoms with E-state index in [-0.39, 0.29) is 5.69 Å². The van der Waals surface area contributed by atoms with E-state index in [9.17, 15) is 14.9 Å². The number of aliphatic carboxylic acids is 1. The summed E-state index contributed by atoms with van der Waals surface area (Å²) in [5.74, 6) is -0.781. The highest BCUT2D eigenvalue weighted by Crippen LogP contribution is 2.32. The number of hydrogen-bond acceptors (Lipinski definition) is 4. The van der Waals surface area contributed by atoms with Crippen LogP contribution in [0.25, 0.3) is 10.8 Å². The van der Waals surface area contributed by atoms with Gasteiger partial charge in [0.2, 0.25) is 0 Å². The highest BCUT2D eigenvalue weighted by atomic mass is 16.6. The Morgan fingerprint density at radius 3 is 2.50 bits per heavy atom. The van der Waals surface area contributed by atoms with Crippen molar-refractivity contribution in [2.75, 3.05) is 6.61 Å². The zero-order chi connectivity index (χ0) is 13.1. The molecule has 6 heteroatoms. The van der Waals surface area contributed by atoms with Gasteiger partial charge in [0.05, 0.1) is 10.3 Å². The van der Waals surface area contributed by atoms with Gasteiger partial charge in [0.1, 0.15) is 5.75 Å². The Labute approximate surface area is 102 Å². The third-order valence-electron chi connectivity index (χ3n) is 2.41. The maximum atomic E-state index is 10.9. The minimum atomic E-state index is -1.10. The molecule has 0 aromatic heterocycles. The Kier molecular flexibility index (Phi) is 3.09. The number of ether oxygens (including phenoxy) is 1. The molecule has 0 unspecified atom stereocenters. The first-order chi connectivity index (χ1) is 8.59. The number of rotatable bonds is 4. The van der Waals surface area contributed by atoms with Crippen LogP contribution in [-0.4, -0.2) is 22.6 Å². The molecule has 6 nitrogen and oxygen atoms in total. The van der Waals surface area contributed by atoms with Gasteiger partial charge in [-0.1, -0.05) is 18.2 Å². The molecule has 2 aromatic rings. The third-order valence-corrected chi connectivity index (χ3v) is 2.41. The van der Waals surface area contributed by atoms with Gasteiger partial charge in [-0.2, -0.15) is 0 Å². The van der Waals surface area contributed by atoms with Crippen LogP contribution in [0.2, 0.25) is 0 Å². The number of carboxylic acids is 1. The lowest BCUT2D eigenvalue weighted by molar-refractivity contribution is -0.383. The van der Waals surface area contributed by atoms with Gasteiger partial charge in [0.25, 0.3) is 5.69 Å². The van der Waals surface area contributed by atoms with Crippen LogP contribution in [0, 0.1) is 10.1 Å². The molecule has 92 valence electrons. The molecule has 18 heavy (non-hydrogen) atoms. The van der Waals surface area contributed by atoms with Crippen molar-refractivity contribution in [3.8, 4) is 5.75 Å². The fourth-order valence-corrected chi connectivity index (χ4v) is 1.68. The van der Waals surface area contributed by atoms with Crippen LogP contribution < -0.4 is 4.74 Å². The maximum absolute atomic E-state index is 10.9. The summed E-state index contributed by atoms with van der Waals surface area (Å²) < 4.78 is 5.09. The average molecular weight is 247 g/mol. The fourth-order valence-electron chi connectivity index (χ4n) is 1.68. The summed E-state index contributed by atoms with van der Waals surface area (Å²) in [6.45, 7) is -0.484. The summed E-state index contributed by atoms with van der Waals surface area (Å²) >= 11 is 0. The van der Waals surface area contributed by atoms with Crippen LogP contribution in [-0.2, 0) is 4.79 Å². The Morgan fingerprint density at radius 1 is 1.22 bits per heavy atom. The van der Waals surface area contributed by atoms with E-state index in [2.05, 4.69) is 0 Å². The standard InChI is InChI=1S/C12H9NO5/c14-12(15)7-18-11-6-5-10(13(16)17)8-3-1-2-4-9(8)11/h1-6H,7H2,(H,14,15). The Hall–Kier alpha value is -2.63. The monoisotopic (exact) mass is 247 g/mol. The second kappa shape index (κ2) is 4.70. The van der Waals surface area contributed by atoms with E-state index in [1.54, 1.807) is 24.3 Å². The maximum Gasteiger partial charge on any atom is 0.341 e. The highest BCUT2D eigenvalue weighted by molar-refractivity contribution is 5.95. The molecular formula is C12H9NO5. The molecule has 0 spiro atoms. The van der Waals surface area contributed by atoms with Crippen LogP contribution in [0.15, 0.2) is 36.4 Å². The second-order valence-corrected chi connectivity index (χ2v) is 3.57. The molecule has 0 saturated heterocycles. The van der Waals surface area contributed by atoms with Gasteiger partial charge >= 0.3 is 5.97 Å². The molecule has 0 atom stereocenters. The summed E-state index contributed by atoms with van der Waals surface area (Å²) in [5.41, 5.74) is -0.0340. The minimum absolute atomic E-state index is 0.0340. The predicted octanol–water partition coefficient (Wildman–Crippen LogP) is 2.21. The number of hydrogen-bond donors (Lipinski definition) is 1. The van der Waals surface area contributed by atoms with E-state index in [1.807, 2.05) is 0 Å². The first-order valence-corrected chi connectivity index (χ1v) is 5.10. The number of nitro groups is 1. The van der Waals surface area contributed by atoms with E-state index < -0.39 is 17.5 Å².